The van der Waals surface area contributed by atoms with Gasteiger partial charge in [-0.15, -0.1) is 0 Å². The number of nitrogens with zero attached hydrogens (tertiary/aromatic N) is 1. The second-order valence-electron chi connectivity index (χ2n) is 7.49. The molecule has 1 aliphatic carbocycles. The zero-order valence-corrected chi connectivity index (χ0v) is 13.4. The van der Waals surface area contributed by atoms with Crippen LogP contribution in [0.5, 0.6) is 0 Å². The molecule has 1 atom stereocenters. The predicted molar refractivity (Wildman–Crippen MR) is 84.9 cm³/mol. The van der Waals surface area contributed by atoms with Crippen LogP contribution < -0.4 is 5.32 Å². The highest BCUT2D eigenvalue weighted by atomic mass is 15.3. The Hall–Kier alpha value is -0.860. The summed E-state index contributed by atoms with van der Waals surface area (Å²) in [5.74, 6) is 0.935. The molecule has 3 rings (SSSR count). The summed E-state index contributed by atoms with van der Waals surface area (Å²) in [4.78, 5) is 2.72. The Morgan fingerprint density at radius 2 is 1.95 bits per heavy atom. The van der Waals surface area contributed by atoms with Gasteiger partial charge in [-0.25, -0.2) is 0 Å². The Morgan fingerprint density at radius 3 is 2.60 bits per heavy atom. The predicted octanol–water partition coefficient (Wildman–Crippen LogP) is 3.27. The van der Waals surface area contributed by atoms with Crippen molar-refractivity contribution in [2.24, 2.45) is 5.92 Å². The summed E-state index contributed by atoms with van der Waals surface area (Å²) in [5.41, 5.74) is 4.52. The maximum absolute atomic E-state index is 3.72. The lowest BCUT2D eigenvalue weighted by Crippen LogP contribution is -2.61. The second kappa shape index (κ2) is 5.16. The SMILES string of the molecule is Cc1ccc(CN2CC(C)(C)NCC2C2CC2)cc1C. The lowest BCUT2D eigenvalue weighted by Gasteiger charge is -2.45. The fourth-order valence-corrected chi connectivity index (χ4v) is 3.45. The number of aryl methyl sites for hydroxylation is 2. The first kappa shape index (κ1) is 14.1. The highest BCUT2D eigenvalue weighted by Crippen LogP contribution is 2.37. The van der Waals surface area contributed by atoms with Crippen LogP contribution in [0.3, 0.4) is 0 Å². The zero-order chi connectivity index (χ0) is 14.3. The van der Waals surface area contributed by atoms with Crippen LogP contribution in [-0.2, 0) is 6.54 Å². The van der Waals surface area contributed by atoms with Crippen LogP contribution in [0.15, 0.2) is 18.2 Å². The van der Waals surface area contributed by atoms with Crippen molar-refractivity contribution < 1.29 is 0 Å². The van der Waals surface area contributed by atoms with Gasteiger partial charge >= 0.3 is 0 Å². The smallest absolute Gasteiger partial charge is 0.0253 e. The largest absolute Gasteiger partial charge is 0.309 e. The minimum Gasteiger partial charge on any atom is -0.309 e. The summed E-state index contributed by atoms with van der Waals surface area (Å²) in [6, 6.07) is 7.68. The van der Waals surface area contributed by atoms with E-state index in [4.69, 9.17) is 0 Å². The van der Waals surface area contributed by atoms with Crippen LogP contribution in [0.25, 0.3) is 0 Å². The van der Waals surface area contributed by atoms with E-state index in [1.165, 1.54) is 29.5 Å². The van der Waals surface area contributed by atoms with Gasteiger partial charge in [-0.3, -0.25) is 4.90 Å². The first-order chi connectivity index (χ1) is 9.44. The quantitative estimate of drug-likeness (QED) is 0.908. The van der Waals surface area contributed by atoms with Gasteiger partial charge in [0.2, 0.25) is 0 Å². The first-order valence-electron chi connectivity index (χ1n) is 8.00. The van der Waals surface area contributed by atoms with Gasteiger partial charge in [-0.1, -0.05) is 18.2 Å². The minimum atomic E-state index is 0.241. The standard InChI is InChI=1S/C18H28N2/c1-13-5-6-15(9-14(13)2)11-20-12-18(3,4)19-10-17(20)16-7-8-16/h5-6,9,16-17,19H,7-8,10-12H2,1-4H3. The van der Waals surface area contributed by atoms with Crippen molar-refractivity contribution in [1.29, 1.82) is 0 Å². The Balaban J connectivity index is 1.76. The van der Waals surface area contributed by atoms with Crippen molar-refractivity contribution in [1.82, 2.24) is 10.2 Å². The van der Waals surface area contributed by atoms with E-state index in [-0.39, 0.29) is 5.54 Å². The molecule has 0 amide bonds. The van der Waals surface area contributed by atoms with Crippen LogP contribution in [0.1, 0.15) is 43.4 Å². The molecule has 1 unspecified atom stereocenters. The summed E-state index contributed by atoms with van der Waals surface area (Å²) in [6.07, 6.45) is 2.85. The van der Waals surface area contributed by atoms with Crippen molar-refractivity contribution in [2.45, 2.75) is 58.7 Å². The van der Waals surface area contributed by atoms with E-state index in [1.807, 2.05) is 0 Å². The van der Waals surface area contributed by atoms with Crippen LogP contribution in [0.4, 0.5) is 0 Å². The molecule has 2 fully saturated rings. The molecular weight excluding hydrogens is 244 g/mol. The van der Waals surface area contributed by atoms with E-state index in [2.05, 4.69) is 56.1 Å². The molecule has 20 heavy (non-hydrogen) atoms. The summed E-state index contributed by atoms with van der Waals surface area (Å²) in [5, 5.41) is 3.72. The van der Waals surface area contributed by atoms with Gasteiger partial charge in [-0.2, -0.15) is 0 Å². The Morgan fingerprint density at radius 1 is 1.20 bits per heavy atom. The summed E-state index contributed by atoms with van der Waals surface area (Å²) in [6.45, 7) is 12.5. The molecule has 1 heterocycles. The number of hydrogen-bond acceptors (Lipinski definition) is 2. The third-order valence-electron chi connectivity index (χ3n) is 4.98. The molecule has 2 heteroatoms. The van der Waals surface area contributed by atoms with Gasteiger partial charge in [0.05, 0.1) is 0 Å². The Kier molecular flexibility index (Phi) is 3.64. The fourth-order valence-electron chi connectivity index (χ4n) is 3.45. The topological polar surface area (TPSA) is 15.3 Å². The minimum absolute atomic E-state index is 0.241. The average molecular weight is 272 g/mol. The Bertz CT molecular complexity index is 488. The first-order valence-corrected chi connectivity index (χ1v) is 8.00. The second-order valence-corrected chi connectivity index (χ2v) is 7.49. The molecule has 0 bridgehead atoms. The van der Waals surface area contributed by atoms with Crippen molar-refractivity contribution in [3.63, 3.8) is 0 Å². The maximum Gasteiger partial charge on any atom is 0.0253 e. The molecule has 0 radical (unpaired) electrons. The summed E-state index contributed by atoms with van der Waals surface area (Å²) in [7, 11) is 0. The van der Waals surface area contributed by atoms with E-state index in [9.17, 15) is 0 Å². The lowest BCUT2D eigenvalue weighted by molar-refractivity contribution is 0.0759. The number of nitrogens with one attached hydrogen (secondary N) is 1. The summed E-state index contributed by atoms with van der Waals surface area (Å²) >= 11 is 0. The number of benzene rings is 1. The van der Waals surface area contributed by atoms with Crippen LogP contribution >= 0.6 is 0 Å². The van der Waals surface area contributed by atoms with Crippen molar-refractivity contribution >= 4 is 0 Å². The van der Waals surface area contributed by atoms with Crippen LogP contribution in [0.2, 0.25) is 0 Å². The molecule has 110 valence electrons. The molecule has 1 aliphatic heterocycles. The molecule has 0 aromatic heterocycles. The number of rotatable bonds is 3. The molecule has 2 aliphatic rings. The lowest BCUT2D eigenvalue weighted by atomic mass is 9.95. The van der Waals surface area contributed by atoms with E-state index in [1.54, 1.807) is 0 Å². The van der Waals surface area contributed by atoms with Gasteiger partial charge in [0, 0.05) is 31.2 Å². The molecule has 1 saturated carbocycles. The maximum atomic E-state index is 3.72. The van der Waals surface area contributed by atoms with Gasteiger partial charge in [0.15, 0.2) is 0 Å². The van der Waals surface area contributed by atoms with Crippen LogP contribution in [0, 0.1) is 19.8 Å². The normalized spacial score (nSPS) is 26.7. The zero-order valence-electron chi connectivity index (χ0n) is 13.4. The molecule has 1 N–H and O–H groups in total. The molecule has 1 aromatic rings. The average Bonchev–Trinajstić information content (AvgIpc) is 3.17. The van der Waals surface area contributed by atoms with Crippen LogP contribution in [-0.4, -0.2) is 29.6 Å². The third kappa shape index (κ3) is 3.07. The highest BCUT2D eigenvalue weighted by molar-refractivity contribution is 5.30. The Labute approximate surface area is 123 Å². The summed E-state index contributed by atoms with van der Waals surface area (Å²) < 4.78 is 0. The van der Waals surface area contributed by atoms with E-state index in [0.29, 0.717) is 0 Å². The van der Waals surface area contributed by atoms with Crippen molar-refractivity contribution in [3.05, 3.63) is 34.9 Å². The van der Waals surface area contributed by atoms with E-state index in [0.717, 1.165) is 31.6 Å². The van der Waals surface area contributed by atoms with Gasteiger partial charge in [0.25, 0.3) is 0 Å². The molecular formula is C18H28N2. The highest BCUT2D eigenvalue weighted by Gasteiger charge is 2.40. The van der Waals surface area contributed by atoms with Crippen molar-refractivity contribution in [3.8, 4) is 0 Å². The van der Waals surface area contributed by atoms with Gasteiger partial charge in [0.1, 0.15) is 0 Å². The van der Waals surface area contributed by atoms with E-state index >= 15 is 0 Å². The van der Waals surface area contributed by atoms with E-state index < -0.39 is 0 Å². The molecule has 1 aromatic carbocycles. The molecule has 1 saturated heterocycles. The fraction of sp³-hybridized carbons (Fsp3) is 0.667. The molecule has 2 nitrogen and oxygen atoms in total. The monoisotopic (exact) mass is 272 g/mol. The number of hydrogen-bond donors (Lipinski definition) is 1. The third-order valence-corrected chi connectivity index (χ3v) is 4.98. The van der Waals surface area contributed by atoms with Gasteiger partial charge in [-0.05, 0) is 63.1 Å². The molecule has 0 spiro atoms. The van der Waals surface area contributed by atoms with Gasteiger partial charge < -0.3 is 5.32 Å². The van der Waals surface area contributed by atoms with Crippen molar-refractivity contribution in [2.75, 3.05) is 13.1 Å². The number of piperazine rings is 1.